The fourth-order valence-electron chi connectivity index (χ4n) is 8.53. The molecule has 5 aliphatic heterocycles. The summed E-state index contributed by atoms with van der Waals surface area (Å²) < 4.78 is 51.6. The third kappa shape index (κ3) is 11.8. The summed E-state index contributed by atoms with van der Waals surface area (Å²) in [5.74, 6) is -7.24. The highest BCUT2D eigenvalue weighted by Crippen LogP contribution is 2.40. The van der Waals surface area contributed by atoms with Crippen molar-refractivity contribution < 1.29 is 144 Å². The maximum Gasteiger partial charge on any atom is 0.364 e. The second-order valence-corrected chi connectivity index (χ2v) is 16.8. The first kappa shape index (κ1) is 56.3. The molecule has 68 heavy (non-hydrogen) atoms. The molecule has 5 heterocycles. The third-order valence-corrected chi connectivity index (χ3v) is 12.1. The van der Waals surface area contributed by atoms with Gasteiger partial charge in [0.05, 0.1) is 45.2 Å². The SMILES string of the molecule is CC(=O)N[C@H]1[C@H](O[C@@H]2[C@H](OC3(C(=O)O)C[C@H](O)[C@@H](NC(C)=O)[C@H]([C@H](O)[C@H](O)CO)O3)[C@@H](O)[C@H](O[C@H]3[C@H](O)[C@@H](O)[C@H](O)O[C@@H]3CO)O[C@@H]2CO)O[C@H](CO)[C@H](O)[C@@H]1O[C@@H]1O[C@H](CO)[C@H](O)[C@H](O)[C@H]1O. The van der Waals surface area contributed by atoms with Gasteiger partial charge in [-0.25, -0.2) is 4.79 Å². The number of aliphatic carboxylic acids is 1. The van der Waals surface area contributed by atoms with Crippen LogP contribution in [0.5, 0.6) is 0 Å². The van der Waals surface area contributed by atoms with Crippen LogP contribution in [0.15, 0.2) is 0 Å². The largest absolute Gasteiger partial charge is 0.477 e. The zero-order valence-corrected chi connectivity index (χ0v) is 36.2. The molecular weight excluding hydrogens is 936 g/mol. The van der Waals surface area contributed by atoms with Gasteiger partial charge in [-0.15, -0.1) is 0 Å². The van der Waals surface area contributed by atoms with Gasteiger partial charge in [-0.3, -0.25) is 9.59 Å². The first-order chi connectivity index (χ1) is 32.0. The molecule has 0 aromatic heterocycles. The van der Waals surface area contributed by atoms with Crippen molar-refractivity contribution in [2.24, 2.45) is 0 Å². The molecule has 0 aromatic carbocycles. The van der Waals surface area contributed by atoms with E-state index in [0.717, 1.165) is 13.8 Å². The van der Waals surface area contributed by atoms with Crippen molar-refractivity contribution in [3.8, 4) is 0 Å². The number of carboxylic acids is 1. The minimum atomic E-state index is -3.32. The number of hydrogen-bond acceptors (Lipinski definition) is 28. The standard InChI is InChI=1S/C37H62N2O29/c1-9(45)38-17-11(47)3-37(36(58)59,67-30(17)19(49)12(48)4-40)68-31-26(56)35(64-27-15(7-43)60-32(57)24(54)23(27)53)63-16(8-44)28(31)65-33-18(39-10(2)46)29(21(51)14(6-42)61-33)66-34-25(55)22(52)20(50)13(5-41)62-34/h11-35,40-44,47-57H,3-8H2,1-2H3,(H,38,45)(H,39,46)(H,58,59)/t11-,12+,13+,14+,15+,16+,17+,18+,19+,20-,21-,22-,23+,24+,25+,26+,27+,28-,29+,30+,31+,32+,33-,34-,35-,37?/m0/s1. The van der Waals surface area contributed by atoms with Crippen molar-refractivity contribution in [2.75, 3.05) is 33.0 Å². The van der Waals surface area contributed by atoms with E-state index in [4.69, 9.17) is 42.6 Å². The molecule has 31 heteroatoms. The lowest BCUT2D eigenvalue weighted by Gasteiger charge is -2.52. The van der Waals surface area contributed by atoms with Gasteiger partial charge in [-0.1, -0.05) is 0 Å². The van der Waals surface area contributed by atoms with E-state index in [2.05, 4.69) is 10.6 Å². The predicted molar refractivity (Wildman–Crippen MR) is 207 cm³/mol. The first-order valence-corrected chi connectivity index (χ1v) is 21.2. The number of carbonyl (C=O) groups excluding carboxylic acids is 2. The van der Waals surface area contributed by atoms with Gasteiger partial charge in [0.2, 0.25) is 11.8 Å². The summed E-state index contributed by atoms with van der Waals surface area (Å²) in [6.07, 6.45) is -48.5. The van der Waals surface area contributed by atoms with Crippen LogP contribution in [0.3, 0.4) is 0 Å². The predicted octanol–water partition coefficient (Wildman–Crippen LogP) is -12.4. The number of aliphatic hydroxyl groups is 16. The fraction of sp³-hybridized carbons (Fsp3) is 0.919. The van der Waals surface area contributed by atoms with E-state index >= 15 is 0 Å². The molecule has 2 amide bonds. The number of aliphatic hydroxyl groups excluding tert-OH is 16. The number of nitrogens with one attached hydrogen (secondary N) is 2. The van der Waals surface area contributed by atoms with E-state index in [0.29, 0.717) is 0 Å². The van der Waals surface area contributed by atoms with Gasteiger partial charge >= 0.3 is 5.97 Å². The average Bonchev–Trinajstić information content (AvgIpc) is 3.29. The van der Waals surface area contributed by atoms with Crippen molar-refractivity contribution in [3.05, 3.63) is 0 Å². The normalized spacial score (nSPS) is 46.6. The summed E-state index contributed by atoms with van der Waals surface area (Å²) in [5.41, 5.74) is 0. The van der Waals surface area contributed by atoms with Crippen LogP contribution in [-0.2, 0) is 57.0 Å². The average molecular weight is 999 g/mol. The Labute approximate surface area is 384 Å². The molecule has 0 spiro atoms. The Balaban J connectivity index is 1.61. The van der Waals surface area contributed by atoms with Crippen molar-refractivity contribution in [2.45, 2.75) is 179 Å². The molecule has 19 N–H and O–H groups in total. The van der Waals surface area contributed by atoms with Crippen LogP contribution in [0.2, 0.25) is 0 Å². The van der Waals surface area contributed by atoms with Gasteiger partial charge in [0.1, 0.15) is 116 Å². The lowest BCUT2D eigenvalue weighted by Crippen LogP contribution is -2.72. The Morgan fingerprint density at radius 1 is 0.574 bits per heavy atom. The molecule has 5 saturated heterocycles. The van der Waals surface area contributed by atoms with Crippen LogP contribution in [0.1, 0.15) is 20.3 Å². The second-order valence-electron chi connectivity index (χ2n) is 16.8. The van der Waals surface area contributed by atoms with Crippen molar-refractivity contribution in [3.63, 3.8) is 0 Å². The summed E-state index contributed by atoms with van der Waals surface area (Å²) >= 11 is 0. The molecule has 5 rings (SSSR count). The Kier molecular flexibility index (Phi) is 19.7. The van der Waals surface area contributed by atoms with E-state index in [-0.39, 0.29) is 0 Å². The molecule has 0 aromatic rings. The maximum absolute atomic E-state index is 13.4. The lowest BCUT2D eigenvalue weighted by atomic mass is 9.88. The molecule has 394 valence electrons. The summed E-state index contributed by atoms with van der Waals surface area (Å²) in [6.45, 7) is -3.48. The van der Waals surface area contributed by atoms with Crippen LogP contribution in [0, 0.1) is 0 Å². The molecule has 0 aliphatic carbocycles. The molecule has 0 saturated carbocycles. The van der Waals surface area contributed by atoms with E-state index in [1.165, 1.54) is 0 Å². The quantitative estimate of drug-likeness (QED) is 0.0606. The Morgan fingerprint density at radius 2 is 1.07 bits per heavy atom. The fourth-order valence-corrected chi connectivity index (χ4v) is 8.53. The van der Waals surface area contributed by atoms with E-state index in [1.54, 1.807) is 0 Å². The summed E-state index contributed by atoms with van der Waals surface area (Å²) in [6, 6.07) is -3.59. The van der Waals surface area contributed by atoms with Crippen molar-refractivity contribution in [1.82, 2.24) is 10.6 Å². The van der Waals surface area contributed by atoms with Crippen LogP contribution in [0.25, 0.3) is 0 Å². The Hall–Kier alpha value is -2.59. The number of ether oxygens (including phenoxy) is 9. The smallest absolute Gasteiger partial charge is 0.364 e. The van der Waals surface area contributed by atoms with Crippen LogP contribution < -0.4 is 10.6 Å². The zero-order chi connectivity index (χ0) is 50.7. The zero-order valence-electron chi connectivity index (χ0n) is 36.2. The molecule has 5 fully saturated rings. The molecule has 0 bridgehead atoms. The number of hydrogen-bond donors (Lipinski definition) is 19. The molecule has 31 nitrogen and oxygen atoms in total. The molecule has 5 aliphatic rings. The highest BCUT2D eigenvalue weighted by Gasteiger charge is 2.62. The monoisotopic (exact) mass is 998 g/mol. The van der Waals surface area contributed by atoms with Crippen molar-refractivity contribution >= 4 is 17.8 Å². The van der Waals surface area contributed by atoms with Crippen LogP contribution >= 0.6 is 0 Å². The molecule has 26 atom stereocenters. The number of carbonyl (C=O) groups is 3. The maximum atomic E-state index is 13.4. The minimum absolute atomic E-state index is 0.856. The summed E-state index contributed by atoms with van der Waals surface area (Å²) in [5, 5.41) is 185. The van der Waals surface area contributed by atoms with Gasteiger partial charge < -0.3 is 140 Å². The Morgan fingerprint density at radius 3 is 1.63 bits per heavy atom. The second kappa shape index (κ2) is 23.8. The topological polar surface area (TPSA) is 502 Å². The number of amides is 2. The van der Waals surface area contributed by atoms with Crippen molar-refractivity contribution in [1.29, 1.82) is 0 Å². The molecular formula is C37H62N2O29. The Bertz CT molecular complexity index is 1650. The van der Waals surface area contributed by atoms with E-state index in [1.807, 2.05) is 0 Å². The van der Waals surface area contributed by atoms with Crippen LogP contribution in [-0.4, -0.2) is 297 Å². The summed E-state index contributed by atoms with van der Waals surface area (Å²) in [7, 11) is 0. The lowest BCUT2D eigenvalue weighted by molar-refractivity contribution is -0.402. The van der Waals surface area contributed by atoms with Gasteiger partial charge in [0.25, 0.3) is 5.79 Å². The highest BCUT2D eigenvalue weighted by molar-refractivity contribution is 5.76. The van der Waals surface area contributed by atoms with E-state index < -0.39 is 216 Å². The van der Waals surface area contributed by atoms with Gasteiger partial charge in [-0.2, -0.15) is 0 Å². The molecule has 1 unspecified atom stereocenters. The van der Waals surface area contributed by atoms with Crippen LogP contribution in [0.4, 0.5) is 0 Å². The van der Waals surface area contributed by atoms with E-state index in [9.17, 15) is 101 Å². The highest BCUT2D eigenvalue weighted by atomic mass is 16.8. The number of carboxylic acid groups (broad SMARTS) is 1. The molecule has 0 radical (unpaired) electrons. The van der Waals surface area contributed by atoms with Gasteiger partial charge in [0.15, 0.2) is 25.2 Å². The van der Waals surface area contributed by atoms with Gasteiger partial charge in [-0.05, 0) is 0 Å². The third-order valence-electron chi connectivity index (χ3n) is 12.1. The summed E-state index contributed by atoms with van der Waals surface area (Å²) in [4.78, 5) is 38.3. The minimum Gasteiger partial charge on any atom is -0.477 e. The number of rotatable bonds is 18. The first-order valence-electron chi connectivity index (χ1n) is 21.2. The van der Waals surface area contributed by atoms with Gasteiger partial charge in [0, 0.05) is 20.3 Å².